The fourth-order valence-electron chi connectivity index (χ4n) is 1.31. The molecule has 7 nitrogen and oxygen atoms in total. The van der Waals surface area contributed by atoms with E-state index in [0.29, 0.717) is 6.07 Å². The molecule has 0 saturated carbocycles. The van der Waals surface area contributed by atoms with Gasteiger partial charge in [-0.05, 0) is 6.07 Å². The largest absolute Gasteiger partial charge is 0.465 e. The van der Waals surface area contributed by atoms with Crippen LogP contribution in [-0.4, -0.2) is 31.6 Å². The first-order valence-electron chi connectivity index (χ1n) is 5.25. The summed E-state index contributed by atoms with van der Waals surface area (Å²) < 4.78 is 31.1. The molecule has 0 aliphatic heterocycles. The molecule has 0 spiro atoms. The van der Waals surface area contributed by atoms with Crippen LogP contribution in [0.25, 0.3) is 0 Å². The number of hydrogen-bond donors (Lipinski definition) is 3. The minimum Gasteiger partial charge on any atom is -0.465 e. The summed E-state index contributed by atoms with van der Waals surface area (Å²) in [5.74, 6) is -3.92. The Morgan fingerprint density at radius 2 is 1.90 bits per heavy atom. The Kier molecular flexibility index (Phi) is 4.95. The zero-order chi connectivity index (χ0) is 15.3. The van der Waals surface area contributed by atoms with Gasteiger partial charge in [-0.15, -0.1) is 0 Å². The lowest BCUT2D eigenvalue weighted by atomic mass is 10.1. The molecule has 0 bridgehead atoms. The molecule has 9 heteroatoms. The fourth-order valence-corrected chi connectivity index (χ4v) is 1.31. The molecular formula is C11H11F2N3O4. The van der Waals surface area contributed by atoms with Gasteiger partial charge in [0.05, 0.1) is 24.9 Å². The number of anilines is 1. The first-order valence-corrected chi connectivity index (χ1v) is 5.25. The molecule has 0 radical (unpaired) electrons. The zero-order valence-corrected chi connectivity index (χ0v) is 10.3. The van der Waals surface area contributed by atoms with Crippen LogP contribution in [0.1, 0.15) is 10.4 Å². The summed E-state index contributed by atoms with van der Waals surface area (Å²) in [6.45, 7) is -0.494. The number of methoxy groups -OCH3 is 1. The van der Waals surface area contributed by atoms with Crippen LogP contribution in [0, 0.1) is 11.6 Å². The molecule has 0 unspecified atom stereocenters. The maximum atomic E-state index is 13.4. The molecule has 1 aromatic rings. The summed E-state index contributed by atoms with van der Waals surface area (Å²) in [4.78, 5) is 32.7. The molecule has 0 saturated heterocycles. The third-order valence-electron chi connectivity index (χ3n) is 2.16. The predicted octanol–water partition coefficient (Wildman–Crippen LogP) is 0.358. The van der Waals surface area contributed by atoms with Gasteiger partial charge in [0.1, 0.15) is 11.6 Å². The van der Waals surface area contributed by atoms with Crippen LogP contribution in [0.3, 0.4) is 0 Å². The lowest BCUT2D eigenvalue weighted by Crippen LogP contribution is -2.38. The van der Waals surface area contributed by atoms with Gasteiger partial charge in [-0.2, -0.15) is 0 Å². The van der Waals surface area contributed by atoms with Crippen molar-refractivity contribution >= 4 is 23.6 Å². The SMILES string of the molecule is COC(=O)c1cc(NCC(=O)NC(N)=O)c(F)cc1F. The molecule has 0 aliphatic rings. The minimum atomic E-state index is -1.10. The van der Waals surface area contributed by atoms with Gasteiger partial charge in [0.15, 0.2) is 0 Å². The van der Waals surface area contributed by atoms with Crippen molar-refractivity contribution in [2.45, 2.75) is 0 Å². The van der Waals surface area contributed by atoms with E-state index in [2.05, 4.69) is 10.1 Å². The summed E-state index contributed by atoms with van der Waals surface area (Å²) in [7, 11) is 1.04. The van der Waals surface area contributed by atoms with Crippen LogP contribution >= 0.6 is 0 Å². The molecule has 0 heterocycles. The standard InChI is InChI=1S/C11H11F2N3O4/c1-20-10(18)5-2-8(7(13)3-6(5)12)15-4-9(17)16-11(14)19/h2-3,15H,4H2,1H3,(H3,14,16,17,19). The van der Waals surface area contributed by atoms with Gasteiger partial charge in [-0.1, -0.05) is 0 Å². The lowest BCUT2D eigenvalue weighted by molar-refractivity contribution is -0.118. The predicted molar refractivity (Wildman–Crippen MR) is 63.9 cm³/mol. The Hall–Kier alpha value is -2.71. The van der Waals surface area contributed by atoms with Gasteiger partial charge in [0.2, 0.25) is 5.91 Å². The van der Waals surface area contributed by atoms with Gasteiger partial charge in [0.25, 0.3) is 0 Å². The monoisotopic (exact) mass is 287 g/mol. The van der Waals surface area contributed by atoms with Crippen molar-refractivity contribution in [1.82, 2.24) is 5.32 Å². The highest BCUT2D eigenvalue weighted by Crippen LogP contribution is 2.20. The smallest absolute Gasteiger partial charge is 0.340 e. The van der Waals surface area contributed by atoms with Crippen LogP contribution in [-0.2, 0) is 9.53 Å². The normalized spacial score (nSPS) is 9.75. The molecule has 3 amide bonds. The van der Waals surface area contributed by atoms with Crippen molar-refractivity contribution in [2.75, 3.05) is 19.0 Å². The van der Waals surface area contributed by atoms with Crippen LogP contribution in [0.2, 0.25) is 0 Å². The van der Waals surface area contributed by atoms with Gasteiger partial charge in [-0.25, -0.2) is 18.4 Å². The van der Waals surface area contributed by atoms with E-state index in [1.807, 2.05) is 0 Å². The lowest BCUT2D eigenvalue weighted by Gasteiger charge is -2.09. The maximum Gasteiger partial charge on any atom is 0.340 e. The number of amides is 3. The van der Waals surface area contributed by atoms with Gasteiger partial charge >= 0.3 is 12.0 Å². The third-order valence-corrected chi connectivity index (χ3v) is 2.16. The number of benzene rings is 1. The molecule has 20 heavy (non-hydrogen) atoms. The van der Waals surface area contributed by atoms with Crippen LogP contribution in [0.4, 0.5) is 19.3 Å². The van der Waals surface area contributed by atoms with Gasteiger partial charge in [-0.3, -0.25) is 10.1 Å². The molecule has 0 aromatic heterocycles. The maximum absolute atomic E-state index is 13.4. The average molecular weight is 287 g/mol. The molecule has 0 aliphatic carbocycles. The van der Waals surface area contributed by atoms with Gasteiger partial charge in [0, 0.05) is 6.07 Å². The summed E-state index contributed by atoms with van der Waals surface area (Å²) >= 11 is 0. The number of urea groups is 1. The highest BCUT2D eigenvalue weighted by Gasteiger charge is 2.17. The first-order chi connectivity index (χ1) is 9.35. The number of hydrogen-bond acceptors (Lipinski definition) is 5. The summed E-state index contributed by atoms with van der Waals surface area (Å²) in [5, 5.41) is 4.04. The molecule has 0 atom stereocenters. The zero-order valence-electron chi connectivity index (χ0n) is 10.3. The first kappa shape index (κ1) is 15.3. The Morgan fingerprint density at radius 3 is 2.45 bits per heavy atom. The van der Waals surface area contributed by atoms with Crippen molar-refractivity contribution in [2.24, 2.45) is 5.73 Å². The summed E-state index contributed by atoms with van der Waals surface area (Å²) in [6, 6.07) is 0.265. The fraction of sp³-hybridized carbons (Fsp3) is 0.182. The molecule has 0 fully saturated rings. The molecule has 4 N–H and O–H groups in total. The number of carbonyl (C=O) groups excluding carboxylic acids is 3. The summed E-state index contributed by atoms with van der Waals surface area (Å²) in [5.41, 5.74) is 3.92. The van der Waals surface area contributed by atoms with Crippen LogP contribution in [0.5, 0.6) is 0 Å². The van der Waals surface area contributed by atoms with E-state index in [-0.39, 0.29) is 5.69 Å². The number of ether oxygens (including phenoxy) is 1. The van der Waals surface area contributed by atoms with Gasteiger partial charge < -0.3 is 15.8 Å². The average Bonchev–Trinajstić information content (AvgIpc) is 2.36. The topological polar surface area (TPSA) is 111 Å². The van der Waals surface area contributed by atoms with Crippen molar-refractivity contribution in [3.63, 3.8) is 0 Å². The number of rotatable bonds is 4. The minimum absolute atomic E-state index is 0.300. The Morgan fingerprint density at radius 1 is 1.25 bits per heavy atom. The molecule has 1 rings (SSSR count). The van der Waals surface area contributed by atoms with E-state index in [1.54, 1.807) is 5.32 Å². The highest BCUT2D eigenvalue weighted by molar-refractivity contribution is 5.96. The van der Waals surface area contributed by atoms with Crippen LogP contribution in [0.15, 0.2) is 12.1 Å². The number of esters is 1. The van der Waals surface area contributed by atoms with E-state index in [4.69, 9.17) is 5.73 Å². The molecule has 108 valence electrons. The second-order valence-electron chi connectivity index (χ2n) is 3.57. The second-order valence-corrected chi connectivity index (χ2v) is 3.57. The highest BCUT2D eigenvalue weighted by atomic mass is 19.1. The van der Waals surface area contributed by atoms with E-state index < -0.39 is 41.7 Å². The number of primary amides is 1. The Labute approximate surface area is 112 Å². The Balaban J connectivity index is 2.87. The second kappa shape index (κ2) is 6.45. The molecular weight excluding hydrogens is 276 g/mol. The number of halogens is 2. The van der Waals surface area contributed by atoms with E-state index in [0.717, 1.165) is 13.2 Å². The number of nitrogens with two attached hydrogens (primary N) is 1. The molecule has 1 aromatic carbocycles. The third kappa shape index (κ3) is 3.90. The van der Waals surface area contributed by atoms with Crippen molar-refractivity contribution in [1.29, 1.82) is 0 Å². The van der Waals surface area contributed by atoms with E-state index in [1.165, 1.54) is 0 Å². The van der Waals surface area contributed by atoms with Crippen molar-refractivity contribution in [3.05, 3.63) is 29.3 Å². The van der Waals surface area contributed by atoms with Crippen LogP contribution < -0.4 is 16.4 Å². The number of imide groups is 1. The summed E-state index contributed by atoms with van der Waals surface area (Å²) in [6.07, 6.45) is 0. The van der Waals surface area contributed by atoms with Crippen molar-refractivity contribution in [3.8, 4) is 0 Å². The van der Waals surface area contributed by atoms with E-state index in [9.17, 15) is 23.2 Å². The number of nitrogens with one attached hydrogen (secondary N) is 2. The Bertz CT molecular complexity index is 563. The van der Waals surface area contributed by atoms with E-state index >= 15 is 0 Å². The van der Waals surface area contributed by atoms with Crippen molar-refractivity contribution < 1.29 is 27.9 Å². The number of carbonyl (C=O) groups is 3. The quantitative estimate of drug-likeness (QED) is 0.692.